The van der Waals surface area contributed by atoms with Gasteiger partial charge in [-0.05, 0) is 62.1 Å². The Bertz CT molecular complexity index is 1160. The highest BCUT2D eigenvalue weighted by Gasteiger charge is 2.62. The summed E-state index contributed by atoms with van der Waals surface area (Å²) in [5, 5.41) is 11.1. The maximum atomic E-state index is 13.9. The maximum Gasteiger partial charge on any atom is 0.430 e. The van der Waals surface area contributed by atoms with Crippen LogP contribution in [-0.2, 0) is 10.4 Å². The van der Waals surface area contributed by atoms with Gasteiger partial charge in [0.15, 0.2) is 0 Å². The van der Waals surface area contributed by atoms with Gasteiger partial charge >= 0.3 is 6.18 Å². The molecule has 0 unspecified atom stereocenters. The summed E-state index contributed by atoms with van der Waals surface area (Å²) in [6, 6.07) is 12.1. The number of anilines is 1. The highest BCUT2D eigenvalue weighted by atomic mass is 35.5. The van der Waals surface area contributed by atoms with Crippen molar-refractivity contribution in [3.8, 4) is 0 Å². The molecule has 212 valence electrons. The molecule has 2 heterocycles. The van der Waals surface area contributed by atoms with Crippen LogP contribution in [0.25, 0.3) is 0 Å². The van der Waals surface area contributed by atoms with Gasteiger partial charge in [-0.2, -0.15) is 13.2 Å². The molecule has 0 saturated carbocycles. The molecule has 10 heteroatoms. The highest BCUT2D eigenvalue weighted by Crippen LogP contribution is 2.41. The summed E-state index contributed by atoms with van der Waals surface area (Å²) in [6.07, 6.45) is -0.955. The summed E-state index contributed by atoms with van der Waals surface area (Å²) in [4.78, 5) is 30.1. The number of carbonyl (C=O) groups excluding carboxylic acids is 2. The Morgan fingerprint density at radius 2 is 1.51 bits per heavy atom. The monoisotopic (exact) mass is 565 g/mol. The third kappa shape index (κ3) is 6.19. The van der Waals surface area contributed by atoms with Crippen molar-refractivity contribution in [2.75, 3.05) is 45.2 Å². The molecule has 0 aliphatic carbocycles. The van der Waals surface area contributed by atoms with Gasteiger partial charge in [0.25, 0.3) is 17.4 Å². The minimum Gasteiger partial charge on any atom is -0.371 e. The summed E-state index contributed by atoms with van der Waals surface area (Å²) in [7, 11) is 3.37. The molecule has 2 fully saturated rings. The molecule has 1 N–H and O–H groups in total. The molecule has 2 aliphatic heterocycles. The van der Waals surface area contributed by atoms with Crippen molar-refractivity contribution in [3.63, 3.8) is 0 Å². The molecule has 2 aromatic carbocycles. The zero-order valence-corrected chi connectivity index (χ0v) is 23.0. The predicted molar refractivity (Wildman–Crippen MR) is 145 cm³/mol. The van der Waals surface area contributed by atoms with Gasteiger partial charge in [-0.1, -0.05) is 41.9 Å². The van der Waals surface area contributed by atoms with Crippen molar-refractivity contribution in [1.29, 1.82) is 0 Å². The number of piperidine rings is 2. The zero-order chi connectivity index (χ0) is 28.4. The maximum absolute atomic E-state index is 13.9. The summed E-state index contributed by atoms with van der Waals surface area (Å²) in [5.41, 5.74) is -2.55. The molecule has 2 saturated heterocycles. The summed E-state index contributed by atoms with van der Waals surface area (Å²) >= 11 is 6.39. The van der Waals surface area contributed by atoms with E-state index in [9.17, 15) is 27.9 Å². The molecule has 0 aromatic heterocycles. The van der Waals surface area contributed by atoms with E-state index in [0.29, 0.717) is 35.3 Å². The van der Waals surface area contributed by atoms with E-state index in [1.807, 2.05) is 12.1 Å². The number of alkyl halides is 3. The SMILES string of the molecule is CN(C)C(=O)c1ccc(N2CCC(CC3CCN(C(=O)[C@](O)(c4ccccc4)C(F)(F)F)CC3)CC2)cc1Cl. The molecule has 0 spiro atoms. The minimum atomic E-state index is -5.12. The Balaban J connectivity index is 1.29. The van der Waals surface area contributed by atoms with E-state index >= 15 is 0 Å². The fraction of sp³-hybridized carbons (Fsp3) is 0.517. The van der Waals surface area contributed by atoms with E-state index in [1.165, 1.54) is 17.0 Å². The average Bonchev–Trinajstić information content (AvgIpc) is 2.92. The third-order valence-corrected chi connectivity index (χ3v) is 8.36. The van der Waals surface area contributed by atoms with Gasteiger partial charge in [-0.3, -0.25) is 9.59 Å². The number of aliphatic hydroxyl groups is 1. The second-order valence-electron chi connectivity index (χ2n) is 10.8. The number of carbonyl (C=O) groups is 2. The van der Waals surface area contributed by atoms with Crippen LogP contribution in [0, 0.1) is 11.8 Å². The minimum absolute atomic E-state index is 0.138. The van der Waals surface area contributed by atoms with Gasteiger partial charge in [0.2, 0.25) is 0 Å². The van der Waals surface area contributed by atoms with Crippen molar-refractivity contribution in [1.82, 2.24) is 9.80 Å². The molecule has 2 amide bonds. The Hall–Kier alpha value is -2.78. The molecule has 0 radical (unpaired) electrons. The molecule has 1 atom stereocenters. The van der Waals surface area contributed by atoms with Crippen LogP contribution in [-0.4, -0.2) is 73.2 Å². The van der Waals surface area contributed by atoms with Crippen molar-refractivity contribution in [3.05, 3.63) is 64.7 Å². The van der Waals surface area contributed by atoms with Crippen molar-refractivity contribution in [2.45, 2.75) is 43.9 Å². The van der Waals surface area contributed by atoms with E-state index < -0.39 is 23.2 Å². The fourth-order valence-electron chi connectivity index (χ4n) is 5.70. The van der Waals surface area contributed by atoms with E-state index in [0.717, 1.165) is 55.1 Å². The number of amides is 2. The first kappa shape index (κ1) is 29.2. The molecule has 2 aliphatic rings. The van der Waals surface area contributed by atoms with Gasteiger partial charge in [-0.15, -0.1) is 0 Å². The van der Waals surface area contributed by atoms with Gasteiger partial charge in [0.05, 0.1) is 10.6 Å². The standard InChI is InChI=1S/C29H35ClF3N3O3/c1-34(2)26(37)24-9-8-23(19-25(24)30)35-14-10-20(11-15-35)18-21-12-16-36(17-13-21)27(38)28(39,29(31,32)33)22-6-4-3-5-7-22/h3-9,19-21,39H,10-18H2,1-2H3/t28-/m1/s1. The number of likely N-dealkylation sites (tertiary alicyclic amines) is 1. The fourth-order valence-corrected chi connectivity index (χ4v) is 5.96. The number of nitrogens with zero attached hydrogens (tertiary/aromatic N) is 3. The first-order valence-corrected chi connectivity index (χ1v) is 13.7. The van der Waals surface area contributed by atoms with Crippen LogP contribution in [0.15, 0.2) is 48.5 Å². The van der Waals surface area contributed by atoms with Gasteiger partial charge < -0.3 is 19.8 Å². The number of hydrogen-bond acceptors (Lipinski definition) is 4. The van der Waals surface area contributed by atoms with Crippen LogP contribution in [0.1, 0.15) is 48.0 Å². The molecule has 39 heavy (non-hydrogen) atoms. The Morgan fingerprint density at radius 3 is 2.03 bits per heavy atom. The van der Waals surface area contributed by atoms with E-state index in [4.69, 9.17) is 11.6 Å². The van der Waals surface area contributed by atoms with Crippen LogP contribution < -0.4 is 4.90 Å². The Labute approximate surface area is 232 Å². The molecule has 6 nitrogen and oxygen atoms in total. The first-order valence-electron chi connectivity index (χ1n) is 13.3. The number of rotatable bonds is 6. The lowest BCUT2D eigenvalue weighted by molar-refractivity contribution is -0.262. The zero-order valence-electron chi connectivity index (χ0n) is 22.3. The number of hydrogen-bond donors (Lipinski definition) is 1. The topological polar surface area (TPSA) is 64.1 Å². The normalized spacial score (nSPS) is 19.1. The second-order valence-corrected chi connectivity index (χ2v) is 11.2. The van der Waals surface area contributed by atoms with Gasteiger partial charge in [0.1, 0.15) is 0 Å². The van der Waals surface area contributed by atoms with Crippen LogP contribution in [0.4, 0.5) is 18.9 Å². The van der Waals surface area contributed by atoms with E-state index in [-0.39, 0.29) is 19.0 Å². The van der Waals surface area contributed by atoms with E-state index in [1.54, 1.807) is 26.2 Å². The lowest BCUT2D eigenvalue weighted by Crippen LogP contribution is -2.57. The quantitative estimate of drug-likeness (QED) is 0.514. The molecular formula is C29H35ClF3N3O3. The lowest BCUT2D eigenvalue weighted by Gasteiger charge is -2.40. The Kier molecular flexibility index (Phi) is 8.81. The van der Waals surface area contributed by atoms with Crippen LogP contribution >= 0.6 is 11.6 Å². The third-order valence-electron chi connectivity index (χ3n) is 8.05. The van der Waals surface area contributed by atoms with Crippen LogP contribution in [0.3, 0.4) is 0 Å². The Morgan fingerprint density at radius 1 is 0.949 bits per heavy atom. The first-order chi connectivity index (χ1) is 18.4. The lowest BCUT2D eigenvalue weighted by atomic mass is 9.82. The predicted octanol–water partition coefficient (Wildman–Crippen LogP) is 5.34. The summed E-state index contributed by atoms with van der Waals surface area (Å²) < 4.78 is 41.8. The molecule has 0 bridgehead atoms. The van der Waals surface area contributed by atoms with Crippen molar-refractivity contribution >= 4 is 29.1 Å². The molecule has 2 aromatic rings. The van der Waals surface area contributed by atoms with E-state index in [2.05, 4.69) is 4.90 Å². The molecular weight excluding hydrogens is 531 g/mol. The highest BCUT2D eigenvalue weighted by molar-refractivity contribution is 6.34. The molecule has 4 rings (SSSR count). The van der Waals surface area contributed by atoms with Crippen LogP contribution in [0.2, 0.25) is 5.02 Å². The van der Waals surface area contributed by atoms with Crippen molar-refractivity contribution in [2.24, 2.45) is 11.8 Å². The number of halogens is 4. The van der Waals surface area contributed by atoms with Crippen LogP contribution in [0.5, 0.6) is 0 Å². The van der Waals surface area contributed by atoms with Gasteiger partial charge in [0, 0.05) is 51.5 Å². The number of benzene rings is 2. The average molecular weight is 566 g/mol. The van der Waals surface area contributed by atoms with Gasteiger partial charge in [-0.25, -0.2) is 0 Å². The van der Waals surface area contributed by atoms with Crippen molar-refractivity contribution < 1.29 is 27.9 Å². The largest absolute Gasteiger partial charge is 0.430 e. The summed E-state index contributed by atoms with van der Waals surface area (Å²) in [5.74, 6) is -0.617. The second kappa shape index (κ2) is 11.8. The smallest absolute Gasteiger partial charge is 0.371 e. The summed E-state index contributed by atoms with van der Waals surface area (Å²) in [6.45, 7) is 2.11.